The van der Waals surface area contributed by atoms with Crippen LogP contribution < -0.4 is 5.32 Å². The molecule has 1 N–H and O–H groups in total. The summed E-state index contributed by atoms with van der Waals surface area (Å²) in [7, 11) is -1.89. The standard InChI is InChI=1S/C20H32N4O3S/c1-13(18-10-15-6-7-16(18)9-15)22-20(25)17-5-4-8-24(12-17)28(26,27)19-11-21-23(3)14(19)2/h11,13,15-18H,4-10,12H2,1-3H3,(H,22,25). The molecule has 2 bridgehead atoms. The summed E-state index contributed by atoms with van der Waals surface area (Å²) in [6.07, 6.45) is 8.07. The van der Waals surface area contributed by atoms with Gasteiger partial charge in [0.1, 0.15) is 4.90 Å². The summed E-state index contributed by atoms with van der Waals surface area (Å²) < 4.78 is 29.1. The molecule has 1 aliphatic heterocycles. The zero-order valence-corrected chi connectivity index (χ0v) is 17.9. The molecule has 5 unspecified atom stereocenters. The predicted molar refractivity (Wildman–Crippen MR) is 106 cm³/mol. The van der Waals surface area contributed by atoms with E-state index in [1.54, 1.807) is 18.7 Å². The van der Waals surface area contributed by atoms with Gasteiger partial charge in [-0.15, -0.1) is 0 Å². The quantitative estimate of drug-likeness (QED) is 0.808. The number of carbonyl (C=O) groups is 1. The van der Waals surface area contributed by atoms with Gasteiger partial charge in [-0.3, -0.25) is 9.48 Å². The minimum Gasteiger partial charge on any atom is -0.353 e. The zero-order valence-electron chi connectivity index (χ0n) is 17.1. The Kier molecular flexibility index (Phi) is 5.29. The van der Waals surface area contributed by atoms with E-state index in [2.05, 4.69) is 17.3 Å². The molecular formula is C20H32N4O3S. The van der Waals surface area contributed by atoms with Gasteiger partial charge in [0.25, 0.3) is 0 Å². The third kappa shape index (κ3) is 3.49. The number of carbonyl (C=O) groups excluding carboxylic acids is 1. The molecule has 5 atom stereocenters. The molecule has 2 heterocycles. The van der Waals surface area contributed by atoms with Crippen molar-refractivity contribution in [1.82, 2.24) is 19.4 Å². The highest BCUT2D eigenvalue weighted by Crippen LogP contribution is 2.49. The molecule has 1 amide bonds. The largest absolute Gasteiger partial charge is 0.353 e. The van der Waals surface area contributed by atoms with Crippen molar-refractivity contribution in [3.05, 3.63) is 11.9 Å². The maximum atomic E-state index is 13.0. The van der Waals surface area contributed by atoms with E-state index < -0.39 is 10.0 Å². The second-order valence-corrected chi connectivity index (χ2v) is 11.0. The van der Waals surface area contributed by atoms with Gasteiger partial charge in [-0.05, 0) is 63.7 Å². The molecule has 1 saturated heterocycles. The van der Waals surface area contributed by atoms with E-state index in [9.17, 15) is 13.2 Å². The minimum atomic E-state index is -3.62. The maximum Gasteiger partial charge on any atom is 0.246 e. The monoisotopic (exact) mass is 408 g/mol. The number of sulfonamides is 1. The van der Waals surface area contributed by atoms with Crippen molar-refractivity contribution in [2.24, 2.45) is 30.7 Å². The number of hydrogen-bond acceptors (Lipinski definition) is 4. The van der Waals surface area contributed by atoms with Crippen LogP contribution in [0, 0.1) is 30.6 Å². The van der Waals surface area contributed by atoms with Crippen LogP contribution in [0.4, 0.5) is 0 Å². The Hall–Kier alpha value is -1.41. The van der Waals surface area contributed by atoms with Crippen LogP contribution in [0.5, 0.6) is 0 Å². The van der Waals surface area contributed by atoms with Crippen molar-refractivity contribution in [1.29, 1.82) is 0 Å². The third-order valence-electron chi connectivity index (χ3n) is 7.37. The number of amides is 1. The average molecular weight is 409 g/mol. The Morgan fingerprint density at radius 3 is 2.68 bits per heavy atom. The summed E-state index contributed by atoms with van der Waals surface area (Å²) in [5, 5.41) is 7.29. The molecule has 2 aliphatic carbocycles. The highest BCUT2D eigenvalue weighted by atomic mass is 32.2. The minimum absolute atomic E-state index is 0.0121. The van der Waals surface area contributed by atoms with Crippen molar-refractivity contribution in [2.45, 2.75) is 63.3 Å². The van der Waals surface area contributed by atoms with Gasteiger partial charge in [0.15, 0.2) is 0 Å². The fraction of sp³-hybridized carbons (Fsp3) is 0.800. The first-order valence-corrected chi connectivity index (χ1v) is 12.0. The van der Waals surface area contributed by atoms with Crippen LogP contribution in [-0.4, -0.2) is 47.5 Å². The lowest BCUT2D eigenvalue weighted by Crippen LogP contribution is -2.48. The van der Waals surface area contributed by atoms with Gasteiger partial charge in [0.2, 0.25) is 15.9 Å². The molecule has 2 saturated carbocycles. The molecule has 0 aromatic carbocycles. The van der Waals surface area contributed by atoms with Gasteiger partial charge in [0, 0.05) is 26.2 Å². The van der Waals surface area contributed by atoms with Crippen LogP contribution in [0.2, 0.25) is 0 Å². The first-order chi connectivity index (χ1) is 13.3. The number of piperidine rings is 1. The summed E-state index contributed by atoms with van der Waals surface area (Å²) in [6, 6.07) is 0.176. The first-order valence-electron chi connectivity index (χ1n) is 10.6. The zero-order chi connectivity index (χ0) is 20.1. The van der Waals surface area contributed by atoms with Crippen molar-refractivity contribution in [3.63, 3.8) is 0 Å². The van der Waals surface area contributed by atoms with Gasteiger partial charge >= 0.3 is 0 Å². The van der Waals surface area contributed by atoms with Crippen LogP contribution in [0.3, 0.4) is 0 Å². The lowest BCUT2D eigenvalue weighted by Gasteiger charge is -2.33. The fourth-order valence-electron chi connectivity index (χ4n) is 5.60. The van der Waals surface area contributed by atoms with Crippen molar-refractivity contribution >= 4 is 15.9 Å². The first kappa shape index (κ1) is 19.9. The molecule has 7 nitrogen and oxygen atoms in total. The Bertz CT molecular complexity index is 850. The van der Waals surface area contributed by atoms with Crippen molar-refractivity contribution in [2.75, 3.05) is 13.1 Å². The normalized spacial score (nSPS) is 31.8. The second-order valence-electron chi connectivity index (χ2n) is 9.06. The van der Waals surface area contributed by atoms with E-state index in [1.165, 1.54) is 36.2 Å². The van der Waals surface area contributed by atoms with E-state index in [1.807, 2.05) is 0 Å². The maximum absolute atomic E-state index is 13.0. The molecule has 0 spiro atoms. The molecule has 1 aromatic heterocycles. The van der Waals surface area contributed by atoms with Gasteiger partial charge in [-0.2, -0.15) is 9.40 Å². The highest BCUT2D eigenvalue weighted by Gasteiger charge is 2.43. The molecule has 3 aliphatic rings. The number of hydrogen-bond donors (Lipinski definition) is 1. The van der Waals surface area contributed by atoms with Crippen molar-refractivity contribution < 1.29 is 13.2 Å². The number of fused-ring (bicyclic) bond motifs is 2. The van der Waals surface area contributed by atoms with Gasteiger partial charge in [-0.1, -0.05) is 6.42 Å². The lowest BCUT2D eigenvalue weighted by molar-refractivity contribution is -0.127. The van der Waals surface area contributed by atoms with Gasteiger partial charge in [0.05, 0.1) is 17.8 Å². The average Bonchev–Trinajstić information content (AvgIpc) is 3.39. The van der Waals surface area contributed by atoms with E-state index >= 15 is 0 Å². The summed E-state index contributed by atoms with van der Waals surface area (Å²) in [6.45, 7) is 4.60. The molecular weight excluding hydrogens is 376 g/mol. The summed E-state index contributed by atoms with van der Waals surface area (Å²) in [4.78, 5) is 13.1. The molecule has 3 fully saturated rings. The smallest absolute Gasteiger partial charge is 0.246 e. The Morgan fingerprint density at radius 2 is 2.07 bits per heavy atom. The summed E-state index contributed by atoms with van der Waals surface area (Å²) in [5.41, 5.74) is 0.622. The Morgan fingerprint density at radius 1 is 1.29 bits per heavy atom. The molecule has 4 rings (SSSR count). The van der Waals surface area contributed by atoms with Gasteiger partial charge < -0.3 is 5.32 Å². The van der Waals surface area contributed by atoms with Crippen LogP contribution in [-0.2, 0) is 21.9 Å². The number of nitrogens with one attached hydrogen (secondary N) is 1. The van der Waals surface area contributed by atoms with E-state index in [-0.39, 0.29) is 29.3 Å². The molecule has 28 heavy (non-hydrogen) atoms. The predicted octanol–water partition coefficient (Wildman–Crippen LogP) is 2.07. The van der Waals surface area contributed by atoms with E-state index in [0.29, 0.717) is 24.6 Å². The number of aromatic nitrogens is 2. The van der Waals surface area contributed by atoms with Crippen molar-refractivity contribution in [3.8, 4) is 0 Å². The van der Waals surface area contributed by atoms with Crippen LogP contribution in [0.15, 0.2) is 11.1 Å². The summed E-state index contributed by atoms with van der Waals surface area (Å²) in [5.74, 6) is 1.94. The SMILES string of the molecule is Cc1c(S(=O)(=O)N2CCCC(C(=O)NC(C)C3CC4CCC3C4)C2)cnn1C. The lowest BCUT2D eigenvalue weighted by atomic mass is 9.83. The highest BCUT2D eigenvalue weighted by molar-refractivity contribution is 7.89. The number of nitrogens with zero attached hydrogens (tertiary/aromatic N) is 3. The van der Waals surface area contributed by atoms with Crippen LogP contribution in [0.25, 0.3) is 0 Å². The summed E-state index contributed by atoms with van der Waals surface area (Å²) >= 11 is 0. The fourth-order valence-corrected chi connectivity index (χ4v) is 7.31. The molecule has 1 aromatic rings. The second kappa shape index (κ2) is 7.44. The van der Waals surface area contributed by atoms with Crippen LogP contribution in [0.1, 0.15) is 51.1 Å². The molecule has 156 valence electrons. The Labute approximate surface area is 167 Å². The van der Waals surface area contributed by atoms with Gasteiger partial charge in [-0.25, -0.2) is 8.42 Å². The molecule has 8 heteroatoms. The topological polar surface area (TPSA) is 84.3 Å². The number of rotatable bonds is 5. The number of aryl methyl sites for hydroxylation is 1. The van der Waals surface area contributed by atoms with E-state index in [0.717, 1.165) is 18.3 Å². The van der Waals surface area contributed by atoms with Crippen LogP contribution >= 0.6 is 0 Å². The third-order valence-corrected chi connectivity index (χ3v) is 9.34. The van der Waals surface area contributed by atoms with E-state index in [4.69, 9.17) is 0 Å². The Balaban J connectivity index is 1.40. The molecule has 0 radical (unpaired) electrons.